The van der Waals surface area contributed by atoms with Gasteiger partial charge in [-0.2, -0.15) is 13.2 Å². The molecule has 0 unspecified atom stereocenters. The molecule has 0 fully saturated rings. The van der Waals surface area contributed by atoms with Crippen LogP contribution in [0.25, 0.3) is 33.0 Å². The van der Waals surface area contributed by atoms with Gasteiger partial charge >= 0.3 is 6.18 Å². The van der Waals surface area contributed by atoms with Gasteiger partial charge in [-0.3, -0.25) is 0 Å². The number of nitrogens with zero attached hydrogens (tertiary/aromatic N) is 5. The minimum atomic E-state index is -4.48. The van der Waals surface area contributed by atoms with Crippen molar-refractivity contribution in [2.45, 2.75) is 25.9 Å². The third-order valence-electron chi connectivity index (χ3n) is 6.16. The molecule has 184 valence electrons. The number of imidazole rings is 1. The van der Waals surface area contributed by atoms with E-state index in [0.717, 1.165) is 33.4 Å². The van der Waals surface area contributed by atoms with E-state index in [-0.39, 0.29) is 5.82 Å². The molecule has 0 saturated carbocycles. The molecule has 9 heteroatoms. The maximum absolute atomic E-state index is 13.1. The van der Waals surface area contributed by atoms with E-state index >= 15 is 0 Å². The van der Waals surface area contributed by atoms with E-state index < -0.39 is 11.9 Å². The second-order valence-corrected chi connectivity index (χ2v) is 9.84. The average Bonchev–Trinajstić information content (AvgIpc) is 3.47. The van der Waals surface area contributed by atoms with E-state index in [4.69, 9.17) is 4.98 Å². The van der Waals surface area contributed by atoms with E-state index in [1.807, 2.05) is 53.9 Å². The zero-order valence-electron chi connectivity index (χ0n) is 20.2. The van der Waals surface area contributed by atoms with E-state index in [1.165, 1.54) is 10.1 Å². The molecule has 36 heavy (non-hydrogen) atoms. The molecule has 0 atom stereocenters. The molecule has 0 saturated heterocycles. The van der Waals surface area contributed by atoms with Crippen LogP contribution in [0.1, 0.15) is 31.0 Å². The van der Waals surface area contributed by atoms with Gasteiger partial charge in [0.15, 0.2) is 11.5 Å². The third kappa shape index (κ3) is 4.35. The van der Waals surface area contributed by atoms with Crippen LogP contribution in [-0.4, -0.2) is 26.6 Å². The molecule has 0 aliphatic carbocycles. The first kappa shape index (κ1) is 24.0. The van der Waals surface area contributed by atoms with Gasteiger partial charge in [-0.1, -0.05) is 38.1 Å². The Morgan fingerprint density at radius 2 is 1.72 bits per heavy atom. The Kier molecular flexibility index (Phi) is 6.04. The quantitative estimate of drug-likeness (QED) is 0.245. The number of halogens is 3. The van der Waals surface area contributed by atoms with Gasteiger partial charge < -0.3 is 9.47 Å². The minimum absolute atomic E-state index is 0.263. The standard InChI is InChI=1S/C27H24F3N5S/c1-16(2)19-7-5-6-8-20(19)25-31-13-22-24(33-25)21(15-36-22)35(4)18-11-9-17(10-12-18)26-32-23(14-34(26)3)27(28,29)30/h5-16H,1-4H3. The SMILES string of the molecule is CC(C)c1ccccc1-c1ncc2scc(N(C)c3ccc(-c4nc(C(F)(F)F)cn4C)cc3)c2n1. The van der Waals surface area contributed by atoms with E-state index in [2.05, 4.69) is 29.9 Å². The lowest BCUT2D eigenvalue weighted by atomic mass is 9.97. The lowest BCUT2D eigenvalue weighted by molar-refractivity contribution is -0.140. The highest BCUT2D eigenvalue weighted by atomic mass is 32.1. The second-order valence-electron chi connectivity index (χ2n) is 8.93. The van der Waals surface area contributed by atoms with Gasteiger partial charge in [0.05, 0.1) is 10.4 Å². The fourth-order valence-electron chi connectivity index (χ4n) is 4.23. The van der Waals surface area contributed by atoms with Gasteiger partial charge in [0.25, 0.3) is 0 Å². The van der Waals surface area contributed by atoms with Crippen LogP contribution in [0.3, 0.4) is 0 Å². The smallest absolute Gasteiger partial charge is 0.342 e. The molecule has 3 heterocycles. The highest BCUT2D eigenvalue weighted by Crippen LogP contribution is 2.37. The van der Waals surface area contributed by atoms with Crippen LogP contribution in [0.2, 0.25) is 0 Å². The molecule has 5 nitrogen and oxygen atoms in total. The number of fused-ring (bicyclic) bond motifs is 1. The summed E-state index contributed by atoms with van der Waals surface area (Å²) >= 11 is 1.57. The van der Waals surface area contributed by atoms with Crippen molar-refractivity contribution in [2.24, 2.45) is 7.05 Å². The minimum Gasteiger partial charge on any atom is -0.342 e. The molecule has 2 aromatic carbocycles. The van der Waals surface area contributed by atoms with Gasteiger partial charge in [-0.25, -0.2) is 15.0 Å². The summed E-state index contributed by atoms with van der Waals surface area (Å²) in [5.74, 6) is 1.29. The summed E-state index contributed by atoms with van der Waals surface area (Å²) in [4.78, 5) is 15.4. The molecule has 0 amide bonds. The molecule has 5 aromatic rings. The lowest BCUT2D eigenvalue weighted by Gasteiger charge is -2.19. The first-order valence-electron chi connectivity index (χ1n) is 11.4. The Morgan fingerprint density at radius 3 is 2.39 bits per heavy atom. The van der Waals surface area contributed by atoms with E-state index in [1.54, 1.807) is 30.5 Å². The summed E-state index contributed by atoms with van der Waals surface area (Å²) in [5.41, 5.74) is 4.59. The number of anilines is 2. The van der Waals surface area contributed by atoms with Crippen LogP contribution in [0.15, 0.2) is 66.3 Å². The van der Waals surface area contributed by atoms with Crippen molar-refractivity contribution in [2.75, 3.05) is 11.9 Å². The number of thiophene rings is 1. The van der Waals surface area contributed by atoms with E-state index in [0.29, 0.717) is 17.3 Å². The Hall–Kier alpha value is -3.72. The summed E-state index contributed by atoms with van der Waals surface area (Å²) in [6.07, 6.45) is -1.62. The largest absolute Gasteiger partial charge is 0.434 e. The van der Waals surface area contributed by atoms with Crippen LogP contribution >= 0.6 is 11.3 Å². The van der Waals surface area contributed by atoms with Crippen molar-refractivity contribution in [1.82, 2.24) is 19.5 Å². The molecule has 5 rings (SSSR count). The first-order valence-corrected chi connectivity index (χ1v) is 12.3. The first-order chi connectivity index (χ1) is 17.1. The van der Waals surface area contributed by atoms with Gasteiger partial charge in [0.2, 0.25) is 0 Å². The summed E-state index contributed by atoms with van der Waals surface area (Å²) in [6, 6.07) is 15.5. The molecule has 3 aromatic heterocycles. The molecule has 0 aliphatic rings. The summed E-state index contributed by atoms with van der Waals surface area (Å²) in [5, 5.41) is 2.04. The van der Waals surface area contributed by atoms with Crippen molar-refractivity contribution in [1.29, 1.82) is 0 Å². The molecule has 0 radical (unpaired) electrons. The Morgan fingerprint density at radius 1 is 1.00 bits per heavy atom. The summed E-state index contributed by atoms with van der Waals surface area (Å²) in [6.45, 7) is 4.30. The summed E-state index contributed by atoms with van der Waals surface area (Å²) < 4.78 is 41.5. The van der Waals surface area contributed by atoms with Crippen molar-refractivity contribution in [3.63, 3.8) is 0 Å². The number of hydrogen-bond acceptors (Lipinski definition) is 5. The maximum atomic E-state index is 13.1. The van der Waals surface area contributed by atoms with Gasteiger partial charge in [-0.15, -0.1) is 11.3 Å². The number of aryl methyl sites for hydroxylation is 1. The Labute approximate surface area is 210 Å². The van der Waals surface area contributed by atoms with E-state index in [9.17, 15) is 13.2 Å². The number of aromatic nitrogens is 4. The number of rotatable bonds is 5. The maximum Gasteiger partial charge on any atom is 0.434 e. The predicted molar refractivity (Wildman–Crippen MR) is 139 cm³/mol. The van der Waals surface area contributed by atoms with Crippen molar-refractivity contribution < 1.29 is 13.2 Å². The van der Waals surface area contributed by atoms with Crippen LogP contribution in [0.4, 0.5) is 24.5 Å². The van der Waals surface area contributed by atoms with Gasteiger partial charge in [0.1, 0.15) is 11.3 Å². The molecule has 0 N–H and O–H groups in total. The van der Waals surface area contributed by atoms with Crippen LogP contribution in [-0.2, 0) is 13.2 Å². The topological polar surface area (TPSA) is 46.8 Å². The third-order valence-corrected chi connectivity index (χ3v) is 7.05. The molecular weight excluding hydrogens is 483 g/mol. The number of hydrogen-bond donors (Lipinski definition) is 0. The second kappa shape index (κ2) is 9.05. The van der Waals surface area contributed by atoms with Crippen LogP contribution < -0.4 is 4.90 Å². The predicted octanol–water partition coefficient (Wildman–Crippen LogP) is 7.67. The van der Waals surface area contributed by atoms with Crippen molar-refractivity contribution in [3.05, 3.63) is 77.6 Å². The normalized spacial score (nSPS) is 12.0. The fourth-order valence-corrected chi connectivity index (χ4v) is 5.12. The Balaban J connectivity index is 1.48. The zero-order valence-corrected chi connectivity index (χ0v) is 21.0. The summed E-state index contributed by atoms with van der Waals surface area (Å²) in [7, 11) is 3.51. The highest BCUT2D eigenvalue weighted by Gasteiger charge is 2.34. The monoisotopic (exact) mass is 507 g/mol. The molecule has 0 spiro atoms. The number of benzene rings is 2. The van der Waals surface area contributed by atoms with Crippen molar-refractivity contribution >= 4 is 32.9 Å². The molecule has 0 bridgehead atoms. The zero-order chi connectivity index (χ0) is 25.6. The number of alkyl halides is 3. The lowest BCUT2D eigenvalue weighted by Crippen LogP contribution is -2.09. The van der Waals surface area contributed by atoms with Crippen LogP contribution in [0.5, 0.6) is 0 Å². The fraction of sp³-hybridized carbons (Fsp3) is 0.222. The van der Waals surface area contributed by atoms with Crippen LogP contribution in [0, 0.1) is 0 Å². The molecule has 0 aliphatic heterocycles. The van der Waals surface area contributed by atoms with Crippen molar-refractivity contribution in [3.8, 4) is 22.8 Å². The van der Waals surface area contributed by atoms with Gasteiger partial charge in [0, 0.05) is 48.7 Å². The average molecular weight is 508 g/mol. The molecular formula is C27H24F3N5S. The highest BCUT2D eigenvalue weighted by molar-refractivity contribution is 7.17. The van der Waals surface area contributed by atoms with Gasteiger partial charge in [-0.05, 0) is 35.7 Å². The Bertz CT molecular complexity index is 1530.